The van der Waals surface area contributed by atoms with Crippen LogP contribution in [-0.2, 0) is 9.53 Å². The molecule has 0 atom stereocenters. The van der Waals surface area contributed by atoms with Gasteiger partial charge in [0.05, 0.1) is 18.0 Å². The molecule has 2 aliphatic rings. The zero-order valence-electron chi connectivity index (χ0n) is 8.36. The minimum Gasteiger partial charge on any atom is -0.464 e. The maximum atomic E-state index is 11.0. The number of carbonyl (C=O) groups is 1. The number of ether oxygens (including phenoxy) is 1. The Morgan fingerprint density at radius 3 is 3.00 bits per heavy atom. The van der Waals surface area contributed by atoms with Crippen molar-refractivity contribution in [1.29, 1.82) is 0 Å². The maximum Gasteiger partial charge on any atom is 0.317 e. The summed E-state index contributed by atoms with van der Waals surface area (Å²) in [5, 5.41) is 0. The molecule has 0 spiro atoms. The van der Waals surface area contributed by atoms with Crippen LogP contribution >= 0.6 is 0 Å². The Morgan fingerprint density at radius 2 is 2.33 bits per heavy atom. The second-order valence-electron chi connectivity index (χ2n) is 3.17. The maximum absolute atomic E-state index is 11.0. The second kappa shape index (κ2) is 3.68. The van der Waals surface area contributed by atoms with E-state index in [0.717, 1.165) is 11.4 Å². The number of allylic oxidation sites excluding steroid dienone is 3. The third-order valence-electron chi connectivity index (χ3n) is 2.13. The number of amidine groups is 1. The van der Waals surface area contributed by atoms with Gasteiger partial charge in [-0.2, -0.15) is 9.98 Å². The van der Waals surface area contributed by atoms with E-state index >= 15 is 0 Å². The Labute approximate surface area is 87.0 Å². The molecule has 0 aromatic heterocycles. The lowest BCUT2D eigenvalue weighted by molar-refractivity contribution is -0.114. The average Bonchev–Trinajstić information content (AvgIpc) is 2.59. The van der Waals surface area contributed by atoms with Crippen LogP contribution in [0.3, 0.4) is 0 Å². The molecular formula is C10H11N3O2. The molecule has 2 N–H and O–H groups in total. The Hall–Kier alpha value is -1.91. The van der Waals surface area contributed by atoms with Crippen LogP contribution in [0.4, 0.5) is 0 Å². The molecule has 15 heavy (non-hydrogen) atoms. The van der Waals surface area contributed by atoms with Crippen LogP contribution in [0.5, 0.6) is 0 Å². The van der Waals surface area contributed by atoms with Gasteiger partial charge < -0.3 is 10.5 Å². The summed E-state index contributed by atoms with van der Waals surface area (Å²) in [7, 11) is 0. The van der Waals surface area contributed by atoms with Crippen LogP contribution in [0.1, 0.15) is 13.3 Å². The summed E-state index contributed by atoms with van der Waals surface area (Å²) in [5.74, 6) is -0.419. The largest absolute Gasteiger partial charge is 0.464 e. The number of aliphatic imine (C=N–C) groups is 2. The smallest absolute Gasteiger partial charge is 0.317 e. The Kier molecular flexibility index (Phi) is 2.37. The summed E-state index contributed by atoms with van der Waals surface area (Å²) in [6.45, 7) is 2.39. The number of primary amides is 1. The number of carbonyl (C=O) groups excluding carboxylic acids is 1. The molecule has 5 nitrogen and oxygen atoms in total. The van der Waals surface area contributed by atoms with Crippen molar-refractivity contribution in [2.45, 2.75) is 13.3 Å². The fourth-order valence-electron chi connectivity index (χ4n) is 1.41. The molecule has 0 saturated heterocycles. The van der Waals surface area contributed by atoms with Crippen molar-refractivity contribution >= 4 is 17.6 Å². The fraction of sp³-hybridized carbons (Fsp3) is 0.300. The number of fused-ring (bicyclic) bond motifs is 1. The van der Waals surface area contributed by atoms with Gasteiger partial charge in [-0.3, -0.25) is 4.79 Å². The molecule has 1 amide bonds. The topological polar surface area (TPSA) is 77.0 Å². The average molecular weight is 205 g/mol. The SMILES string of the molecule is CCOC1=NC2=CC=C(C(N)=O)CC2=N1. The molecule has 0 aromatic rings. The molecule has 0 aromatic carbocycles. The predicted octanol–water partition coefficient (Wildman–Crippen LogP) is 0.533. The summed E-state index contributed by atoms with van der Waals surface area (Å²) >= 11 is 0. The van der Waals surface area contributed by atoms with Crippen molar-refractivity contribution in [2.75, 3.05) is 6.61 Å². The quantitative estimate of drug-likeness (QED) is 0.713. The first-order valence-electron chi connectivity index (χ1n) is 4.70. The molecule has 0 unspecified atom stereocenters. The van der Waals surface area contributed by atoms with E-state index in [2.05, 4.69) is 9.98 Å². The van der Waals surface area contributed by atoms with Crippen LogP contribution in [-0.4, -0.2) is 24.2 Å². The van der Waals surface area contributed by atoms with Crippen molar-refractivity contribution in [2.24, 2.45) is 15.7 Å². The number of hydrogen-bond donors (Lipinski definition) is 1. The normalized spacial score (nSPS) is 18.5. The molecule has 5 heteroatoms. The predicted molar refractivity (Wildman–Crippen MR) is 56.5 cm³/mol. The molecule has 0 bridgehead atoms. The summed E-state index contributed by atoms with van der Waals surface area (Å²) in [6.07, 6.45) is 3.84. The fourth-order valence-corrected chi connectivity index (χ4v) is 1.41. The minimum atomic E-state index is -0.419. The summed E-state index contributed by atoms with van der Waals surface area (Å²) in [5.41, 5.74) is 7.23. The van der Waals surface area contributed by atoms with Crippen LogP contribution in [0.15, 0.2) is 33.4 Å². The molecule has 2 rings (SSSR count). The van der Waals surface area contributed by atoms with Crippen LogP contribution in [0.2, 0.25) is 0 Å². The monoisotopic (exact) mass is 205 g/mol. The Morgan fingerprint density at radius 1 is 1.53 bits per heavy atom. The van der Waals surface area contributed by atoms with Gasteiger partial charge in [-0.05, 0) is 13.0 Å². The first-order valence-corrected chi connectivity index (χ1v) is 4.70. The molecule has 1 aliphatic heterocycles. The van der Waals surface area contributed by atoms with Gasteiger partial charge in [0.1, 0.15) is 0 Å². The van der Waals surface area contributed by atoms with Crippen molar-refractivity contribution in [3.8, 4) is 0 Å². The van der Waals surface area contributed by atoms with E-state index in [1.54, 1.807) is 12.2 Å². The first kappa shape index (κ1) is 9.64. The lowest BCUT2D eigenvalue weighted by Gasteiger charge is -2.07. The second-order valence-corrected chi connectivity index (χ2v) is 3.17. The zero-order valence-corrected chi connectivity index (χ0v) is 8.36. The van der Waals surface area contributed by atoms with Crippen molar-refractivity contribution in [3.05, 3.63) is 23.4 Å². The highest BCUT2D eigenvalue weighted by Gasteiger charge is 2.22. The molecular weight excluding hydrogens is 194 g/mol. The number of nitrogens with two attached hydrogens (primary N) is 1. The van der Waals surface area contributed by atoms with Crippen molar-refractivity contribution < 1.29 is 9.53 Å². The lowest BCUT2D eigenvalue weighted by atomic mass is 10.0. The summed E-state index contributed by atoms with van der Waals surface area (Å²) in [4.78, 5) is 19.3. The summed E-state index contributed by atoms with van der Waals surface area (Å²) in [6, 6.07) is 0.359. The third kappa shape index (κ3) is 1.81. The van der Waals surface area contributed by atoms with E-state index in [9.17, 15) is 4.79 Å². The highest BCUT2D eigenvalue weighted by Crippen LogP contribution is 2.21. The van der Waals surface area contributed by atoms with Gasteiger partial charge in [-0.15, -0.1) is 0 Å². The number of amides is 1. The lowest BCUT2D eigenvalue weighted by Crippen LogP contribution is -2.18. The molecule has 1 aliphatic carbocycles. The van der Waals surface area contributed by atoms with Gasteiger partial charge in [0.15, 0.2) is 0 Å². The molecule has 1 heterocycles. The molecule has 0 fully saturated rings. The number of rotatable bonds is 2. The van der Waals surface area contributed by atoms with Crippen LogP contribution < -0.4 is 5.73 Å². The summed E-state index contributed by atoms with van der Waals surface area (Å²) < 4.78 is 5.17. The van der Waals surface area contributed by atoms with Gasteiger partial charge in [-0.1, -0.05) is 6.08 Å². The third-order valence-corrected chi connectivity index (χ3v) is 2.13. The van der Waals surface area contributed by atoms with E-state index in [0.29, 0.717) is 24.6 Å². The molecule has 0 radical (unpaired) electrons. The van der Waals surface area contributed by atoms with E-state index in [4.69, 9.17) is 10.5 Å². The standard InChI is InChI=1S/C10H11N3O2/c1-2-15-10-12-7-4-3-6(9(11)14)5-8(7)13-10/h3-4H,2,5H2,1H3,(H2,11,14). The highest BCUT2D eigenvalue weighted by atomic mass is 16.5. The molecule has 78 valence electrons. The van der Waals surface area contributed by atoms with E-state index < -0.39 is 5.91 Å². The van der Waals surface area contributed by atoms with E-state index in [1.807, 2.05) is 6.92 Å². The van der Waals surface area contributed by atoms with Crippen molar-refractivity contribution in [1.82, 2.24) is 0 Å². The van der Waals surface area contributed by atoms with Gasteiger partial charge in [-0.25, -0.2) is 0 Å². The van der Waals surface area contributed by atoms with E-state index in [-0.39, 0.29) is 0 Å². The number of nitrogens with zero attached hydrogens (tertiary/aromatic N) is 2. The Balaban J connectivity index is 2.20. The van der Waals surface area contributed by atoms with Crippen LogP contribution in [0.25, 0.3) is 0 Å². The molecule has 0 saturated carbocycles. The van der Waals surface area contributed by atoms with Gasteiger partial charge in [0.25, 0.3) is 0 Å². The van der Waals surface area contributed by atoms with Gasteiger partial charge in [0.2, 0.25) is 5.91 Å². The number of hydrogen-bond acceptors (Lipinski definition) is 4. The zero-order chi connectivity index (χ0) is 10.8. The van der Waals surface area contributed by atoms with E-state index in [1.165, 1.54) is 0 Å². The van der Waals surface area contributed by atoms with Crippen molar-refractivity contribution in [3.63, 3.8) is 0 Å². The Bertz CT molecular complexity index is 430. The minimum absolute atomic E-state index is 0.359. The van der Waals surface area contributed by atoms with Crippen LogP contribution in [0, 0.1) is 0 Å². The van der Waals surface area contributed by atoms with Gasteiger partial charge >= 0.3 is 6.02 Å². The first-order chi connectivity index (χ1) is 7.20. The highest BCUT2D eigenvalue weighted by molar-refractivity contribution is 6.15. The van der Waals surface area contributed by atoms with Gasteiger partial charge in [0, 0.05) is 12.0 Å².